The molecule has 4 rings (SSSR count). The van der Waals surface area contributed by atoms with Crippen LogP contribution in [-0.2, 0) is 6.54 Å². The van der Waals surface area contributed by atoms with Gasteiger partial charge in [0.2, 0.25) is 0 Å². The first kappa shape index (κ1) is 20.9. The van der Waals surface area contributed by atoms with Gasteiger partial charge in [0.15, 0.2) is 0 Å². The van der Waals surface area contributed by atoms with E-state index in [-0.39, 0.29) is 17.1 Å². The van der Waals surface area contributed by atoms with Crippen molar-refractivity contribution in [2.75, 3.05) is 0 Å². The van der Waals surface area contributed by atoms with Crippen LogP contribution in [0.3, 0.4) is 0 Å². The van der Waals surface area contributed by atoms with Gasteiger partial charge in [0.05, 0.1) is 11.1 Å². The molecule has 3 aromatic carbocycles. The average Bonchev–Trinajstić information content (AvgIpc) is 3.06. The number of hydrogen-bond acceptors (Lipinski definition) is 4. The number of aromatic nitrogens is 1. The number of hydrogen-bond donors (Lipinski definition) is 1. The molecule has 0 radical (unpaired) electrons. The van der Waals surface area contributed by atoms with Crippen LogP contribution in [0, 0.1) is 22.9 Å². The minimum Gasteiger partial charge on any atom is -0.340 e. The van der Waals surface area contributed by atoms with Crippen LogP contribution in [0.2, 0.25) is 0 Å². The summed E-state index contributed by atoms with van der Waals surface area (Å²) in [5.74, 6) is -0.747. The van der Waals surface area contributed by atoms with Gasteiger partial charge in [-0.05, 0) is 42.8 Å². The number of carbonyl (C=O) groups is 1. The fourth-order valence-electron chi connectivity index (χ4n) is 3.55. The van der Waals surface area contributed by atoms with E-state index in [1.54, 1.807) is 18.3 Å². The standard InChI is InChI=1S/C24H19FN4O3/c1-16-22(14-26-27-24(30)18-8-12-20(13-9-18)29(31)32)21-4-2-3-5-23(21)28(16)15-17-6-10-19(25)11-7-17/h2-14H,15H2,1H3,(H,27,30)/b26-14-. The molecular formula is C24H19FN4O3. The summed E-state index contributed by atoms with van der Waals surface area (Å²) in [4.78, 5) is 22.5. The Morgan fingerprint density at radius 2 is 1.78 bits per heavy atom. The number of nitro benzene ring substituents is 1. The van der Waals surface area contributed by atoms with E-state index < -0.39 is 10.8 Å². The van der Waals surface area contributed by atoms with Crippen LogP contribution in [0.15, 0.2) is 77.9 Å². The number of nitrogens with zero attached hydrogens (tertiary/aromatic N) is 3. The van der Waals surface area contributed by atoms with Crippen molar-refractivity contribution in [1.29, 1.82) is 0 Å². The van der Waals surface area contributed by atoms with Crippen molar-refractivity contribution in [3.63, 3.8) is 0 Å². The zero-order chi connectivity index (χ0) is 22.7. The Bertz CT molecular complexity index is 1330. The average molecular weight is 430 g/mol. The molecule has 1 N–H and O–H groups in total. The molecule has 1 amide bonds. The van der Waals surface area contributed by atoms with Gasteiger partial charge in [-0.3, -0.25) is 14.9 Å². The summed E-state index contributed by atoms with van der Waals surface area (Å²) in [7, 11) is 0. The summed E-state index contributed by atoms with van der Waals surface area (Å²) in [6, 6.07) is 19.5. The molecule has 0 unspecified atom stereocenters. The number of hydrazone groups is 1. The first-order valence-corrected chi connectivity index (χ1v) is 9.84. The molecule has 0 fully saturated rings. The van der Waals surface area contributed by atoms with Gasteiger partial charge in [-0.2, -0.15) is 5.10 Å². The van der Waals surface area contributed by atoms with E-state index >= 15 is 0 Å². The predicted molar refractivity (Wildman–Crippen MR) is 120 cm³/mol. The molecule has 0 spiro atoms. The predicted octanol–water partition coefficient (Wildman–Crippen LogP) is 4.81. The number of para-hydroxylation sites is 1. The summed E-state index contributed by atoms with van der Waals surface area (Å²) in [5, 5.41) is 15.8. The van der Waals surface area contributed by atoms with E-state index in [1.807, 2.05) is 31.2 Å². The second-order valence-corrected chi connectivity index (χ2v) is 7.23. The van der Waals surface area contributed by atoms with Crippen LogP contribution in [0.1, 0.15) is 27.2 Å². The molecule has 0 aliphatic heterocycles. The van der Waals surface area contributed by atoms with E-state index in [1.165, 1.54) is 36.4 Å². The molecule has 0 aliphatic rings. The van der Waals surface area contributed by atoms with Crippen LogP contribution in [0.4, 0.5) is 10.1 Å². The summed E-state index contributed by atoms with van der Waals surface area (Å²) in [6.45, 7) is 2.53. The van der Waals surface area contributed by atoms with Crippen LogP contribution in [0.25, 0.3) is 10.9 Å². The monoisotopic (exact) mass is 430 g/mol. The highest BCUT2D eigenvalue weighted by Gasteiger charge is 2.13. The molecule has 0 saturated heterocycles. The minimum absolute atomic E-state index is 0.0883. The number of fused-ring (bicyclic) bond motifs is 1. The Labute approximate surface area is 183 Å². The highest BCUT2D eigenvalue weighted by atomic mass is 19.1. The van der Waals surface area contributed by atoms with Gasteiger partial charge in [0.1, 0.15) is 5.82 Å². The van der Waals surface area contributed by atoms with E-state index in [0.29, 0.717) is 6.54 Å². The van der Waals surface area contributed by atoms with Crippen molar-refractivity contribution in [2.24, 2.45) is 5.10 Å². The van der Waals surface area contributed by atoms with E-state index in [4.69, 9.17) is 0 Å². The van der Waals surface area contributed by atoms with E-state index in [2.05, 4.69) is 15.1 Å². The normalized spacial score (nSPS) is 11.2. The van der Waals surface area contributed by atoms with Crippen molar-refractivity contribution >= 4 is 28.7 Å². The second-order valence-electron chi connectivity index (χ2n) is 7.23. The van der Waals surface area contributed by atoms with Crippen molar-refractivity contribution < 1.29 is 14.1 Å². The van der Waals surface area contributed by atoms with Crippen molar-refractivity contribution in [3.8, 4) is 0 Å². The third kappa shape index (κ3) is 4.24. The number of halogens is 1. The van der Waals surface area contributed by atoms with E-state index in [9.17, 15) is 19.3 Å². The van der Waals surface area contributed by atoms with Crippen LogP contribution in [-0.4, -0.2) is 21.6 Å². The molecule has 1 heterocycles. The zero-order valence-corrected chi connectivity index (χ0v) is 17.2. The first-order valence-electron chi connectivity index (χ1n) is 9.84. The Morgan fingerprint density at radius 3 is 2.47 bits per heavy atom. The molecule has 0 bridgehead atoms. The number of benzene rings is 3. The Balaban J connectivity index is 1.58. The van der Waals surface area contributed by atoms with Gasteiger partial charge < -0.3 is 4.57 Å². The molecule has 32 heavy (non-hydrogen) atoms. The zero-order valence-electron chi connectivity index (χ0n) is 17.2. The lowest BCUT2D eigenvalue weighted by atomic mass is 10.1. The Kier molecular flexibility index (Phi) is 5.76. The molecular weight excluding hydrogens is 411 g/mol. The molecule has 0 aliphatic carbocycles. The largest absolute Gasteiger partial charge is 0.340 e. The second kappa shape index (κ2) is 8.81. The first-order chi connectivity index (χ1) is 15.4. The van der Waals surface area contributed by atoms with Gasteiger partial charge in [0, 0.05) is 46.4 Å². The number of nitro groups is 1. The Morgan fingerprint density at radius 1 is 1.09 bits per heavy atom. The number of rotatable bonds is 6. The molecule has 8 heteroatoms. The number of amides is 1. The SMILES string of the molecule is Cc1c(/C=N\NC(=O)c2ccc([N+](=O)[O-])cc2)c2ccccc2n1Cc1ccc(F)cc1. The highest BCUT2D eigenvalue weighted by molar-refractivity contribution is 6.02. The van der Waals surface area contributed by atoms with Gasteiger partial charge >= 0.3 is 0 Å². The molecule has 1 aromatic heterocycles. The summed E-state index contributed by atoms with van der Waals surface area (Å²) in [6.07, 6.45) is 1.59. The lowest BCUT2D eigenvalue weighted by Gasteiger charge is -2.08. The molecule has 4 aromatic rings. The third-order valence-electron chi connectivity index (χ3n) is 5.23. The molecule has 160 valence electrons. The van der Waals surface area contributed by atoms with Crippen LogP contribution in [0.5, 0.6) is 0 Å². The van der Waals surface area contributed by atoms with Gasteiger partial charge in [0.25, 0.3) is 11.6 Å². The maximum atomic E-state index is 13.3. The maximum Gasteiger partial charge on any atom is 0.271 e. The van der Waals surface area contributed by atoms with E-state index in [0.717, 1.165) is 27.7 Å². The highest BCUT2D eigenvalue weighted by Crippen LogP contribution is 2.25. The lowest BCUT2D eigenvalue weighted by Crippen LogP contribution is -2.17. The maximum absolute atomic E-state index is 13.3. The molecule has 0 saturated carbocycles. The number of carbonyl (C=O) groups excluding carboxylic acids is 1. The lowest BCUT2D eigenvalue weighted by molar-refractivity contribution is -0.384. The summed E-state index contributed by atoms with van der Waals surface area (Å²) < 4.78 is 15.4. The van der Waals surface area contributed by atoms with Gasteiger partial charge in [-0.15, -0.1) is 0 Å². The topological polar surface area (TPSA) is 89.5 Å². The third-order valence-corrected chi connectivity index (χ3v) is 5.23. The van der Waals surface area contributed by atoms with Crippen LogP contribution < -0.4 is 5.43 Å². The Hall–Kier alpha value is -4.33. The van der Waals surface area contributed by atoms with Crippen molar-refractivity contribution in [2.45, 2.75) is 13.5 Å². The minimum atomic E-state index is -0.523. The van der Waals surface area contributed by atoms with Gasteiger partial charge in [-0.1, -0.05) is 30.3 Å². The summed E-state index contributed by atoms with van der Waals surface area (Å²) in [5.41, 5.74) is 6.40. The molecule has 7 nitrogen and oxygen atoms in total. The number of nitrogens with one attached hydrogen (secondary N) is 1. The number of non-ortho nitro benzene ring substituents is 1. The van der Waals surface area contributed by atoms with Crippen LogP contribution >= 0.6 is 0 Å². The summed E-state index contributed by atoms with van der Waals surface area (Å²) >= 11 is 0. The fraction of sp³-hybridized carbons (Fsp3) is 0.0833. The van der Waals surface area contributed by atoms with Crippen molar-refractivity contribution in [1.82, 2.24) is 9.99 Å². The quantitative estimate of drug-likeness (QED) is 0.270. The fourth-order valence-corrected chi connectivity index (χ4v) is 3.55. The molecule has 0 atom stereocenters. The van der Waals surface area contributed by atoms with Gasteiger partial charge in [-0.25, -0.2) is 9.82 Å². The van der Waals surface area contributed by atoms with Crippen molar-refractivity contribution in [3.05, 3.63) is 111 Å². The smallest absolute Gasteiger partial charge is 0.271 e.